The summed E-state index contributed by atoms with van der Waals surface area (Å²) in [5.74, 6) is -0.951. The van der Waals surface area contributed by atoms with E-state index < -0.39 is 5.97 Å². The third-order valence-corrected chi connectivity index (χ3v) is 2.89. The average molecular weight is 280 g/mol. The van der Waals surface area contributed by atoms with Gasteiger partial charge in [0.1, 0.15) is 0 Å². The van der Waals surface area contributed by atoms with Gasteiger partial charge in [-0.2, -0.15) is 0 Å². The van der Waals surface area contributed by atoms with Gasteiger partial charge in [0.2, 0.25) is 0 Å². The Balaban J connectivity index is 2.50. The lowest BCUT2D eigenvalue weighted by Crippen LogP contribution is -2.39. The molecular formula is C14H20N2O4. The van der Waals surface area contributed by atoms with Crippen molar-refractivity contribution in [3.8, 4) is 0 Å². The van der Waals surface area contributed by atoms with E-state index in [4.69, 9.17) is 9.84 Å². The third-order valence-electron chi connectivity index (χ3n) is 2.89. The Labute approximate surface area is 118 Å². The molecule has 0 atom stereocenters. The number of ether oxygens (including phenoxy) is 1. The largest absolute Gasteiger partial charge is 0.478 e. The maximum absolute atomic E-state index is 11.7. The summed E-state index contributed by atoms with van der Waals surface area (Å²) in [6, 6.07) is 6.61. The lowest BCUT2D eigenvalue weighted by atomic mass is 10.0. The van der Waals surface area contributed by atoms with E-state index in [9.17, 15) is 9.59 Å². The molecule has 0 spiro atoms. The Morgan fingerprint density at radius 3 is 2.70 bits per heavy atom. The fourth-order valence-electron chi connectivity index (χ4n) is 1.73. The summed E-state index contributed by atoms with van der Waals surface area (Å²) in [7, 11) is 3.24. The number of methoxy groups -OCH3 is 1. The first-order chi connectivity index (χ1) is 9.56. The highest BCUT2D eigenvalue weighted by atomic mass is 16.5. The number of aromatic carboxylic acids is 1. The Hall–Kier alpha value is -2.08. The fourth-order valence-corrected chi connectivity index (χ4v) is 1.73. The monoisotopic (exact) mass is 280 g/mol. The van der Waals surface area contributed by atoms with E-state index in [2.05, 4.69) is 5.32 Å². The second-order valence-electron chi connectivity index (χ2n) is 4.36. The summed E-state index contributed by atoms with van der Waals surface area (Å²) in [5.41, 5.74) is 0.997. The molecule has 0 aliphatic carbocycles. The van der Waals surface area contributed by atoms with Crippen molar-refractivity contribution in [3.05, 3.63) is 35.4 Å². The molecule has 1 aromatic rings. The predicted molar refractivity (Wildman–Crippen MR) is 75.0 cm³/mol. The molecule has 0 radical (unpaired) electrons. The van der Waals surface area contributed by atoms with Crippen LogP contribution < -0.4 is 5.32 Å². The first kappa shape index (κ1) is 16.0. The summed E-state index contributed by atoms with van der Waals surface area (Å²) in [6.45, 7) is 1.36. The van der Waals surface area contributed by atoms with E-state index in [1.807, 2.05) is 0 Å². The van der Waals surface area contributed by atoms with Crippen molar-refractivity contribution in [2.75, 3.05) is 33.9 Å². The highest BCUT2D eigenvalue weighted by Crippen LogP contribution is 2.10. The molecule has 0 heterocycles. The van der Waals surface area contributed by atoms with E-state index in [0.29, 0.717) is 26.1 Å². The number of rotatable bonds is 7. The minimum Gasteiger partial charge on any atom is -0.478 e. The lowest BCUT2D eigenvalue weighted by molar-refractivity contribution is 0.0695. The second-order valence-corrected chi connectivity index (χ2v) is 4.36. The number of nitrogens with zero attached hydrogens (tertiary/aromatic N) is 1. The van der Waals surface area contributed by atoms with Crippen LogP contribution in [0.4, 0.5) is 4.79 Å². The normalized spacial score (nSPS) is 10.1. The molecule has 110 valence electrons. The van der Waals surface area contributed by atoms with Crippen LogP contribution in [0.3, 0.4) is 0 Å². The zero-order valence-corrected chi connectivity index (χ0v) is 11.8. The van der Waals surface area contributed by atoms with Gasteiger partial charge in [0.25, 0.3) is 0 Å². The number of nitrogens with one attached hydrogen (secondary N) is 1. The molecule has 0 fully saturated rings. The lowest BCUT2D eigenvalue weighted by Gasteiger charge is -2.18. The van der Waals surface area contributed by atoms with Crippen LogP contribution in [0.25, 0.3) is 0 Å². The summed E-state index contributed by atoms with van der Waals surface area (Å²) in [5, 5.41) is 11.8. The van der Waals surface area contributed by atoms with Crippen LogP contribution in [0, 0.1) is 0 Å². The topological polar surface area (TPSA) is 78.9 Å². The van der Waals surface area contributed by atoms with E-state index in [1.54, 1.807) is 38.4 Å². The molecule has 1 aromatic carbocycles. The third kappa shape index (κ3) is 4.89. The minimum atomic E-state index is -0.951. The molecule has 0 aliphatic rings. The Morgan fingerprint density at radius 1 is 1.35 bits per heavy atom. The number of hydrogen-bond donors (Lipinski definition) is 2. The zero-order chi connectivity index (χ0) is 15.0. The number of hydrogen-bond acceptors (Lipinski definition) is 3. The minimum absolute atomic E-state index is 0.199. The maximum Gasteiger partial charge on any atom is 0.335 e. The zero-order valence-electron chi connectivity index (χ0n) is 11.8. The Bertz CT molecular complexity index is 462. The van der Waals surface area contributed by atoms with Crippen LogP contribution in [0.15, 0.2) is 24.3 Å². The van der Waals surface area contributed by atoms with Crippen LogP contribution in [0.5, 0.6) is 0 Å². The van der Waals surface area contributed by atoms with Crippen molar-refractivity contribution in [1.29, 1.82) is 0 Å². The van der Waals surface area contributed by atoms with Crippen molar-refractivity contribution in [1.82, 2.24) is 10.2 Å². The van der Waals surface area contributed by atoms with E-state index >= 15 is 0 Å². The summed E-state index contributed by atoms with van der Waals surface area (Å²) in [6.07, 6.45) is 0.497. The Morgan fingerprint density at radius 2 is 2.05 bits per heavy atom. The van der Waals surface area contributed by atoms with Gasteiger partial charge < -0.3 is 20.1 Å². The van der Waals surface area contributed by atoms with Crippen molar-refractivity contribution in [2.24, 2.45) is 0 Å². The van der Waals surface area contributed by atoms with Gasteiger partial charge in [-0.05, 0) is 18.1 Å². The van der Waals surface area contributed by atoms with Crippen LogP contribution in [-0.2, 0) is 11.2 Å². The van der Waals surface area contributed by atoms with Gasteiger partial charge in [-0.15, -0.1) is 0 Å². The van der Waals surface area contributed by atoms with E-state index in [0.717, 1.165) is 5.56 Å². The number of carboxylic acids is 1. The van der Waals surface area contributed by atoms with Crippen molar-refractivity contribution >= 4 is 12.0 Å². The molecular weight excluding hydrogens is 260 g/mol. The molecule has 0 unspecified atom stereocenters. The number of amides is 2. The molecule has 2 N–H and O–H groups in total. The number of urea groups is 1. The number of carboxylic acid groups (broad SMARTS) is 1. The second kappa shape index (κ2) is 8.16. The maximum atomic E-state index is 11.7. The van der Waals surface area contributed by atoms with Gasteiger partial charge in [-0.1, -0.05) is 18.2 Å². The van der Waals surface area contributed by atoms with Crippen LogP contribution in [0.2, 0.25) is 0 Å². The SMILES string of the molecule is COCCNC(=O)N(C)CCc1ccccc1C(=O)O. The molecule has 0 saturated carbocycles. The highest BCUT2D eigenvalue weighted by molar-refractivity contribution is 5.89. The molecule has 0 bridgehead atoms. The fraction of sp³-hybridized carbons (Fsp3) is 0.429. The molecule has 6 nitrogen and oxygen atoms in total. The summed E-state index contributed by atoms with van der Waals surface area (Å²) >= 11 is 0. The summed E-state index contributed by atoms with van der Waals surface area (Å²) in [4.78, 5) is 24.3. The van der Waals surface area contributed by atoms with Gasteiger partial charge in [-0.25, -0.2) is 9.59 Å². The molecule has 0 aromatic heterocycles. The summed E-state index contributed by atoms with van der Waals surface area (Å²) < 4.78 is 4.84. The van der Waals surface area contributed by atoms with Crippen LogP contribution >= 0.6 is 0 Å². The van der Waals surface area contributed by atoms with Gasteiger partial charge >= 0.3 is 12.0 Å². The van der Waals surface area contributed by atoms with Crippen molar-refractivity contribution in [3.63, 3.8) is 0 Å². The first-order valence-electron chi connectivity index (χ1n) is 6.35. The Kier molecular flexibility index (Phi) is 6.52. The molecule has 2 amide bonds. The standard InChI is InChI=1S/C14H20N2O4/c1-16(14(19)15-8-10-20-2)9-7-11-5-3-4-6-12(11)13(17)18/h3-6H,7-10H2,1-2H3,(H,15,19)(H,17,18). The van der Waals surface area contributed by atoms with Gasteiger partial charge in [0, 0.05) is 27.2 Å². The number of benzene rings is 1. The van der Waals surface area contributed by atoms with Crippen LogP contribution in [0.1, 0.15) is 15.9 Å². The van der Waals surface area contributed by atoms with Gasteiger partial charge in [-0.3, -0.25) is 0 Å². The smallest absolute Gasteiger partial charge is 0.335 e. The van der Waals surface area contributed by atoms with Gasteiger partial charge in [0.15, 0.2) is 0 Å². The van der Waals surface area contributed by atoms with Crippen LogP contribution in [-0.4, -0.2) is 55.9 Å². The molecule has 1 rings (SSSR count). The van der Waals surface area contributed by atoms with E-state index in [-0.39, 0.29) is 11.6 Å². The highest BCUT2D eigenvalue weighted by Gasteiger charge is 2.11. The number of carbonyl (C=O) groups is 2. The molecule has 6 heteroatoms. The van der Waals surface area contributed by atoms with Crippen molar-refractivity contribution < 1.29 is 19.4 Å². The van der Waals surface area contributed by atoms with Crippen molar-refractivity contribution in [2.45, 2.75) is 6.42 Å². The van der Waals surface area contributed by atoms with Gasteiger partial charge in [0.05, 0.1) is 12.2 Å². The quantitative estimate of drug-likeness (QED) is 0.736. The first-order valence-corrected chi connectivity index (χ1v) is 6.35. The number of carbonyl (C=O) groups excluding carboxylic acids is 1. The average Bonchev–Trinajstić information content (AvgIpc) is 2.45. The predicted octanol–water partition coefficient (Wildman–Crippen LogP) is 1.22. The van der Waals surface area contributed by atoms with E-state index in [1.165, 1.54) is 4.90 Å². The molecule has 0 saturated heterocycles. The number of likely N-dealkylation sites (N-methyl/N-ethyl adjacent to an activating group) is 1. The molecule has 20 heavy (non-hydrogen) atoms. The molecule has 0 aliphatic heterocycles.